The third kappa shape index (κ3) is 6.82. The van der Waals surface area contributed by atoms with Gasteiger partial charge in [-0.15, -0.1) is 0 Å². The number of hydrogen-bond donors (Lipinski definition) is 3. The number of carbonyl (C=O) groups excluding carboxylic acids is 1. The van der Waals surface area contributed by atoms with Crippen molar-refractivity contribution >= 4 is 40.6 Å². The zero-order valence-electron chi connectivity index (χ0n) is 20.9. The van der Waals surface area contributed by atoms with E-state index in [0.29, 0.717) is 17.5 Å². The molecule has 0 spiro atoms. The summed E-state index contributed by atoms with van der Waals surface area (Å²) in [7, 11) is 3.98. The Labute approximate surface area is 205 Å². The summed E-state index contributed by atoms with van der Waals surface area (Å²) >= 11 is 0. The summed E-state index contributed by atoms with van der Waals surface area (Å²) < 4.78 is 7.08. The summed E-state index contributed by atoms with van der Waals surface area (Å²) in [5.74, 6) is 1.13. The Morgan fingerprint density at radius 3 is 2.43 bits per heavy atom. The molecule has 186 valence electrons. The molecule has 0 radical (unpaired) electrons. The molecule has 1 aromatic carbocycles. The van der Waals surface area contributed by atoms with Gasteiger partial charge in [0, 0.05) is 50.8 Å². The average Bonchev–Trinajstić information content (AvgIpc) is 3.18. The van der Waals surface area contributed by atoms with E-state index in [4.69, 9.17) is 9.72 Å². The quantitative estimate of drug-likeness (QED) is 0.486. The molecule has 1 saturated heterocycles. The minimum Gasteiger partial charge on any atom is -0.444 e. The number of ether oxygens (including phenoxy) is 1. The fourth-order valence-electron chi connectivity index (χ4n) is 3.65. The van der Waals surface area contributed by atoms with Crippen LogP contribution in [-0.4, -0.2) is 69.6 Å². The van der Waals surface area contributed by atoms with Gasteiger partial charge in [-0.05, 0) is 46.0 Å². The normalized spacial score (nSPS) is 14.5. The summed E-state index contributed by atoms with van der Waals surface area (Å²) in [4.78, 5) is 26.1. The second-order valence-corrected chi connectivity index (χ2v) is 9.58. The monoisotopic (exact) mass is 479 g/mol. The van der Waals surface area contributed by atoms with E-state index in [-0.39, 0.29) is 0 Å². The van der Waals surface area contributed by atoms with Gasteiger partial charge < -0.3 is 25.2 Å². The predicted octanol–water partition coefficient (Wildman–Crippen LogP) is 3.80. The molecule has 0 atom stereocenters. The number of benzene rings is 1. The highest BCUT2D eigenvalue weighted by Gasteiger charge is 2.20. The van der Waals surface area contributed by atoms with E-state index < -0.39 is 11.7 Å². The maximum atomic E-state index is 12.2. The maximum Gasteiger partial charge on any atom is 0.412 e. The Bertz CT molecular complexity index is 1160. The fourth-order valence-corrected chi connectivity index (χ4v) is 3.65. The van der Waals surface area contributed by atoms with Crippen LogP contribution in [0.25, 0.3) is 0 Å². The van der Waals surface area contributed by atoms with E-state index in [1.807, 2.05) is 64.5 Å². The number of nitrogens with zero attached hydrogens (tertiary/aromatic N) is 6. The van der Waals surface area contributed by atoms with Gasteiger partial charge in [-0.1, -0.05) is 6.07 Å². The average molecular weight is 480 g/mol. The second kappa shape index (κ2) is 10.2. The van der Waals surface area contributed by atoms with E-state index in [1.165, 1.54) is 0 Å². The SMILES string of the molecule is CN1CCN(c2cnc(Nc3cnn(C)c3)nc2Nc2cccc(NC(=O)OC(C)(C)C)c2)CC1. The molecule has 0 saturated carbocycles. The topological polar surface area (TPSA) is 112 Å². The van der Waals surface area contributed by atoms with Crippen molar-refractivity contribution in [1.29, 1.82) is 0 Å². The van der Waals surface area contributed by atoms with Gasteiger partial charge in [0.15, 0.2) is 5.82 Å². The number of aryl methyl sites for hydroxylation is 1. The first-order valence-corrected chi connectivity index (χ1v) is 11.6. The van der Waals surface area contributed by atoms with Crippen LogP contribution in [0.2, 0.25) is 0 Å². The molecule has 2 aromatic heterocycles. The highest BCUT2D eigenvalue weighted by atomic mass is 16.6. The highest BCUT2D eigenvalue weighted by molar-refractivity contribution is 5.86. The van der Waals surface area contributed by atoms with E-state index in [9.17, 15) is 4.79 Å². The Hall–Kier alpha value is -3.86. The Kier molecular flexibility index (Phi) is 7.06. The summed E-state index contributed by atoms with van der Waals surface area (Å²) in [5, 5.41) is 13.6. The van der Waals surface area contributed by atoms with Crippen LogP contribution >= 0.6 is 0 Å². The molecule has 0 aliphatic carbocycles. The van der Waals surface area contributed by atoms with Crippen LogP contribution in [0.4, 0.5) is 39.3 Å². The van der Waals surface area contributed by atoms with Crippen molar-refractivity contribution in [2.45, 2.75) is 26.4 Å². The predicted molar refractivity (Wildman–Crippen MR) is 138 cm³/mol. The van der Waals surface area contributed by atoms with Crippen LogP contribution in [0, 0.1) is 0 Å². The molecule has 3 heterocycles. The number of anilines is 6. The Balaban J connectivity index is 1.57. The lowest BCUT2D eigenvalue weighted by Crippen LogP contribution is -2.44. The zero-order valence-corrected chi connectivity index (χ0v) is 20.9. The number of likely N-dealkylation sites (N-methyl/N-ethyl adjacent to an activating group) is 1. The van der Waals surface area contributed by atoms with Crippen molar-refractivity contribution < 1.29 is 9.53 Å². The van der Waals surface area contributed by atoms with E-state index >= 15 is 0 Å². The molecule has 1 fully saturated rings. The van der Waals surface area contributed by atoms with E-state index in [2.05, 4.69) is 42.9 Å². The molecule has 0 unspecified atom stereocenters. The summed E-state index contributed by atoms with van der Waals surface area (Å²) in [5.41, 5.74) is 2.54. The second-order valence-electron chi connectivity index (χ2n) is 9.58. The molecule has 1 aliphatic heterocycles. The van der Waals surface area contributed by atoms with Gasteiger partial charge in [-0.25, -0.2) is 9.78 Å². The lowest BCUT2D eigenvalue weighted by molar-refractivity contribution is 0.0636. The zero-order chi connectivity index (χ0) is 25.0. The van der Waals surface area contributed by atoms with Gasteiger partial charge in [-0.2, -0.15) is 10.1 Å². The van der Waals surface area contributed by atoms with Crippen LogP contribution in [0.5, 0.6) is 0 Å². The lowest BCUT2D eigenvalue weighted by Gasteiger charge is -2.34. The van der Waals surface area contributed by atoms with Gasteiger partial charge in [0.25, 0.3) is 0 Å². The van der Waals surface area contributed by atoms with E-state index in [0.717, 1.165) is 43.2 Å². The largest absolute Gasteiger partial charge is 0.444 e. The number of amides is 1. The third-order valence-electron chi connectivity index (χ3n) is 5.35. The van der Waals surface area contributed by atoms with Crippen molar-refractivity contribution in [3.63, 3.8) is 0 Å². The smallest absolute Gasteiger partial charge is 0.412 e. The van der Waals surface area contributed by atoms with Crippen molar-refractivity contribution in [2.75, 3.05) is 54.1 Å². The summed E-state index contributed by atoms with van der Waals surface area (Å²) in [6, 6.07) is 7.44. The lowest BCUT2D eigenvalue weighted by atomic mass is 10.2. The first kappa shape index (κ1) is 24.3. The van der Waals surface area contributed by atoms with Gasteiger partial charge in [0.2, 0.25) is 5.95 Å². The maximum absolute atomic E-state index is 12.2. The number of piperazine rings is 1. The Morgan fingerprint density at radius 1 is 1.00 bits per heavy atom. The standard InChI is InChI=1S/C24H33N9O2/c1-24(2,3)35-23(34)29-18-8-6-7-17(13-18)27-21-20(33-11-9-31(4)10-12-33)15-25-22(30-21)28-19-14-26-32(5)16-19/h6-8,13-16H,9-12H2,1-5H3,(H,29,34)(H2,25,27,28,30). The van der Waals surface area contributed by atoms with Gasteiger partial charge in [0.05, 0.1) is 23.8 Å². The van der Waals surface area contributed by atoms with Gasteiger partial charge >= 0.3 is 6.09 Å². The molecular formula is C24H33N9O2. The van der Waals surface area contributed by atoms with Crippen molar-refractivity contribution in [2.24, 2.45) is 7.05 Å². The molecule has 11 heteroatoms. The molecule has 35 heavy (non-hydrogen) atoms. The molecule has 4 rings (SSSR count). The molecule has 3 N–H and O–H groups in total. The van der Waals surface area contributed by atoms with Crippen LogP contribution < -0.4 is 20.9 Å². The third-order valence-corrected chi connectivity index (χ3v) is 5.35. The van der Waals surface area contributed by atoms with Crippen LogP contribution in [0.1, 0.15) is 20.8 Å². The summed E-state index contributed by atoms with van der Waals surface area (Å²) in [6.07, 6.45) is 4.91. The van der Waals surface area contributed by atoms with Gasteiger partial charge in [0.1, 0.15) is 5.60 Å². The first-order chi connectivity index (χ1) is 16.6. The number of hydrogen-bond acceptors (Lipinski definition) is 9. The van der Waals surface area contributed by atoms with Crippen LogP contribution in [-0.2, 0) is 11.8 Å². The molecule has 0 bridgehead atoms. The Morgan fingerprint density at radius 2 is 1.74 bits per heavy atom. The van der Waals surface area contributed by atoms with Crippen LogP contribution in [0.15, 0.2) is 42.9 Å². The van der Waals surface area contributed by atoms with Crippen LogP contribution in [0.3, 0.4) is 0 Å². The minimum atomic E-state index is -0.573. The molecule has 1 aliphatic rings. The van der Waals surface area contributed by atoms with Crippen molar-refractivity contribution in [3.05, 3.63) is 42.9 Å². The molecular weight excluding hydrogens is 446 g/mol. The van der Waals surface area contributed by atoms with Gasteiger partial charge in [-0.3, -0.25) is 10.00 Å². The summed E-state index contributed by atoms with van der Waals surface area (Å²) in [6.45, 7) is 9.17. The van der Waals surface area contributed by atoms with Crippen molar-refractivity contribution in [1.82, 2.24) is 24.6 Å². The molecule has 1 amide bonds. The molecule has 3 aromatic rings. The van der Waals surface area contributed by atoms with E-state index in [1.54, 1.807) is 10.9 Å². The van der Waals surface area contributed by atoms with Crippen molar-refractivity contribution in [3.8, 4) is 0 Å². The number of carbonyl (C=O) groups is 1. The number of rotatable bonds is 6. The number of nitrogens with one attached hydrogen (secondary N) is 3. The number of aromatic nitrogens is 4. The fraction of sp³-hybridized carbons (Fsp3) is 0.417. The highest BCUT2D eigenvalue weighted by Crippen LogP contribution is 2.30. The first-order valence-electron chi connectivity index (χ1n) is 11.6. The molecule has 11 nitrogen and oxygen atoms in total. The minimum absolute atomic E-state index is 0.460.